The third-order valence-corrected chi connectivity index (χ3v) is 4.53. The molecule has 2 aromatic heterocycles. The van der Waals surface area contributed by atoms with Crippen LogP contribution in [0.3, 0.4) is 0 Å². The third kappa shape index (κ3) is 3.64. The summed E-state index contributed by atoms with van der Waals surface area (Å²) in [5.41, 5.74) is 0. The van der Waals surface area contributed by atoms with Crippen molar-refractivity contribution in [3.05, 3.63) is 34.7 Å². The second kappa shape index (κ2) is 7.27. The average Bonchev–Trinajstić information content (AvgIpc) is 3.21. The number of aromatic nitrogens is 3. The average molecular weight is 383 g/mol. The van der Waals surface area contributed by atoms with E-state index in [0.29, 0.717) is 36.2 Å². The fourth-order valence-electron chi connectivity index (χ4n) is 2.88. The quantitative estimate of drug-likeness (QED) is 0.792. The molecule has 1 aliphatic rings. The number of furan rings is 1. The van der Waals surface area contributed by atoms with Crippen LogP contribution in [0.25, 0.3) is 0 Å². The van der Waals surface area contributed by atoms with Crippen LogP contribution in [0.1, 0.15) is 35.3 Å². The lowest BCUT2D eigenvalue weighted by atomic mass is 10.0. The molecular weight excluding hydrogens is 364 g/mol. The topological polar surface area (TPSA) is 73.4 Å². The first-order valence-electron chi connectivity index (χ1n) is 7.61. The summed E-state index contributed by atoms with van der Waals surface area (Å²) in [5, 5.41) is 8.18. The van der Waals surface area contributed by atoms with Gasteiger partial charge in [-0.2, -0.15) is 0 Å². The first kappa shape index (κ1) is 16.2. The van der Waals surface area contributed by atoms with E-state index in [-0.39, 0.29) is 5.91 Å². The third-order valence-electron chi connectivity index (χ3n) is 4.11. The Morgan fingerprint density at radius 2 is 2.22 bits per heavy atom. The van der Waals surface area contributed by atoms with Crippen LogP contribution in [0.2, 0.25) is 0 Å². The maximum Gasteiger partial charge on any atom is 0.289 e. The Hall–Kier alpha value is -1.67. The Morgan fingerprint density at radius 3 is 2.87 bits per heavy atom. The molecule has 1 amide bonds. The SMILES string of the molecule is COCCc1nncn1C1CCN(C(=O)c2ccc(Br)o2)CC1. The molecule has 0 unspecified atom stereocenters. The van der Waals surface area contributed by atoms with Gasteiger partial charge in [0.05, 0.1) is 6.61 Å². The number of rotatable bonds is 5. The number of amides is 1. The van der Waals surface area contributed by atoms with E-state index in [1.54, 1.807) is 25.6 Å². The minimum atomic E-state index is -0.0579. The number of nitrogens with zero attached hydrogens (tertiary/aromatic N) is 4. The largest absolute Gasteiger partial charge is 0.444 e. The van der Waals surface area contributed by atoms with Gasteiger partial charge < -0.3 is 18.6 Å². The molecule has 23 heavy (non-hydrogen) atoms. The number of methoxy groups -OCH3 is 1. The van der Waals surface area contributed by atoms with Crippen molar-refractivity contribution >= 4 is 21.8 Å². The zero-order chi connectivity index (χ0) is 16.2. The van der Waals surface area contributed by atoms with Crippen LogP contribution in [-0.4, -0.2) is 52.4 Å². The van der Waals surface area contributed by atoms with Crippen LogP contribution in [-0.2, 0) is 11.2 Å². The molecule has 0 aliphatic carbocycles. The van der Waals surface area contributed by atoms with Crippen molar-refractivity contribution in [1.82, 2.24) is 19.7 Å². The zero-order valence-electron chi connectivity index (χ0n) is 12.9. The number of piperidine rings is 1. The first-order chi connectivity index (χ1) is 11.2. The molecule has 8 heteroatoms. The van der Waals surface area contributed by atoms with Gasteiger partial charge in [-0.25, -0.2) is 0 Å². The normalized spacial score (nSPS) is 16.0. The number of halogens is 1. The number of likely N-dealkylation sites (tertiary alicyclic amines) is 1. The van der Waals surface area contributed by atoms with Crippen molar-refractivity contribution < 1.29 is 13.9 Å². The van der Waals surface area contributed by atoms with Gasteiger partial charge in [-0.15, -0.1) is 10.2 Å². The molecule has 1 saturated heterocycles. The van der Waals surface area contributed by atoms with Crippen LogP contribution in [0.4, 0.5) is 0 Å². The number of carbonyl (C=O) groups excluding carboxylic acids is 1. The summed E-state index contributed by atoms with van der Waals surface area (Å²) in [4.78, 5) is 14.2. The highest BCUT2D eigenvalue weighted by atomic mass is 79.9. The van der Waals surface area contributed by atoms with Crippen molar-refractivity contribution in [2.24, 2.45) is 0 Å². The van der Waals surface area contributed by atoms with E-state index in [0.717, 1.165) is 25.1 Å². The number of carbonyl (C=O) groups is 1. The van der Waals surface area contributed by atoms with Crippen LogP contribution >= 0.6 is 15.9 Å². The van der Waals surface area contributed by atoms with E-state index in [2.05, 4.69) is 30.7 Å². The minimum absolute atomic E-state index is 0.0579. The van der Waals surface area contributed by atoms with E-state index in [1.165, 1.54) is 0 Å². The lowest BCUT2D eigenvalue weighted by Crippen LogP contribution is -2.39. The molecular formula is C15H19BrN4O3. The van der Waals surface area contributed by atoms with Gasteiger partial charge >= 0.3 is 0 Å². The molecule has 0 spiro atoms. The Bertz CT molecular complexity index is 661. The molecule has 0 N–H and O–H groups in total. The summed E-state index contributed by atoms with van der Waals surface area (Å²) in [5.74, 6) is 1.25. The Kier molecular flexibility index (Phi) is 5.12. The van der Waals surface area contributed by atoms with Gasteiger partial charge in [0.25, 0.3) is 5.91 Å². The van der Waals surface area contributed by atoms with Crippen molar-refractivity contribution in [2.75, 3.05) is 26.8 Å². The fourth-order valence-corrected chi connectivity index (χ4v) is 3.18. The molecule has 1 fully saturated rings. The molecule has 0 atom stereocenters. The van der Waals surface area contributed by atoms with Crippen LogP contribution in [0, 0.1) is 0 Å². The first-order valence-corrected chi connectivity index (χ1v) is 8.40. The predicted molar refractivity (Wildman–Crippen MR) is 86.2 cm³/mol. The molecule has 0 radical (unpaired) electrons. The zero-order valence-corrected chi connectivity index (χ0v) is 14.5. The number of hydrogen-bond acceptors (Lipinski definition) is 5. The molecule has 7 nitrogen and oxygen atoms in total. The minimum Gasteiger partial charge on any atom is -0.444 e. The molecule has 0 saturated carbocycles. The molecule has 1 aliphatic heterocycles. The summed E-state index contributed by atoms with van der Waals surface area (Å²) in [7, 11) is 1.68. The van der Waals surface area contributed by atoms with Gasteiger partial charge in [-0.1, -0.05) is 0 Å². The number of ether oxygens (including phenoxy) is 1. The van der Waals surface area contributed by atoms with E-state index in [9.17, 15) is 4.79 Å². The van der Waals surface area contributed by atoms with Crippen molar-refractivity contribution in [3.63, 3.8) is 0 Å². The van der Waals surface area contributed by atoms with Gasteiger partial charge in [0.15, 0.2) is 10.4 Å². The van der Waals surface area contributed by atoms with E-state index in [1.807, 2.05) is 4.90 Å². The molecule has 2 aromatic rings. The summed E-state index contributed by atoms with van der Waals surface area (Å²) in [6.45, 7) is 2.02. The molecule has 0 bridgehead atoms. The maximum atomic E-state index is 12.4. The van der Waals surface area contributed by atoms with Gasteiger partial charge in [-0.05, 0) is 40.9 Å². The van der Waals surface area contributed by atoms with Gasteiger partial charge in [-0.3, -0.25) is 4.79 Å². The summed E-state index contributed by atoms with van der Waals surface area (Å²) in [6, 6.07) is 3.75. The van der Waals surface area contributed by atoms with E-state index in [4.69, 9.17) is 9.15 Å². The molecule has 0 aromatic carbocycles. The Labute approximate surface area is 142 Å². The van der Waals surface area contributed by atoms with Crippen LogP contribution in [0.15, 0.2) is 27.5 Å². The van der Waals surface area contributed by atoms with Gasteiger partial charge in [0.2, 0.25) is 0 Å². The van der Waals surface area contributed by atoms with E-state index >= 15 is 0 Å². The van der Waals surface area contributed by atoms with Gasteiger partial charge in [0, 0.05) is 32.7 Å². The van der Waals surface area contributed by atoms with Crippen molar-refractivity contribution in [3.8, 4) is 0 Å². The summed E-state index contributed by atoms with van der Waals surface area (Å²) < 4.78 is 13.1. The second-order valence-corrected chi connectivity index (χ2v) is 6.31. The lowest BCUT2D eigenvalue weighted by molar-refractivity contribution is 0.0660. The standard InChI is InChI=1S/C15H19BrN4O3/c1-22-9-6-14-18-17-10-20(14)11-4-7-19(8-5-11)15(21)12-2-3-13(16)23-12/h2-3,10-11H,4-9H2,1H3. The maximum absolute atomic E-state index is 12.4. The van der Waals surface area contributed by atoms with Crippen molar-refractivity contribution in [2.45, 2.75) is 25.3 Å². The highest BCUT2D eigenvalue weighted by Gasteiger charge is 2.27. The van der Waals surface area contributed by atoms with Crippen LogP contribution < -0.4 is 0 Å². The predicted octanol–water partition coefficient (Wildman–Crippen LogP) is 2.30. The second-order valence-electron chi connectivity index (χ2n) is 5.52. The highest BCUT2D eigenvalue weighted by Crippen LogP contribution is 2.25. The van der Waals surface area contributed by atoms with Gasteiger partial charge in [0.1, 0.15) is 12.2 Å². The summed E-state index contributed by atoms with van der Waals surface area (Å²) >= 11 is 3.22. The highest BCUT2D eigenvalue weighted by molar-refractivity contribution is 9.10. The Morgan fingerprint density at radius 1 is 1.43 bits per heavy atom. The fraction of sp³-hybridized carbons (Fsp3) is 0.533. The monoisotopic (exact) mass is 382 g/mol. The van der Waals surface area contributed by atoms with Crippen molar-refractivity contribution in [1.29, 1.82) is 0 Å². The summed E-state index contributed by atoms with van der Waals surface area (Å²) in [6.07, 6.45) is 4.28. The smallest absolute Gasteiger partial charge is 0.289 e. The molecule has 124 valence electrons. The van der Waals surface area contributed by atoms with E-state index < -0.39 is 0 Å². The Balaban J connectivity index is 1.60. The lowest BCUT2D eigenvalue weighted by Gasteiger charge is -2.32. The molecule has 3 heterocycles. The molecule has 3 rings (SSSR count). The van der Waals surface area contributed by atoms with Crippen LogP contribution in [0.5, 0.6) is 0 Å². The number of hydrogen-bond donors (Lipinski definition) is 0.